The van der Waals surface area contributed by atoms with Crippen molar-refractivity contribution in [3.8, 4) is 0 Å². The second kappa shape index (κ2) is 5.00. The quantitative estimate of drug-likeness (QED) is 0.856. The van der Waals surface area contributed by atoms with E-state index in [0.717, 1.165) is 11.3 Å². The molecule has 1 N–H and O–H groups in total. The molecule has 5 heteroatoms. The minimum Gasteiger partial charge on any atom is -0.425 e. The van der Waals surface area contributed by atoms with Crippen LogP contribution >= 0.6 is 11.6 Å². The van der Waals surface area contributed by atoms with Gasteiger partial charge in [0.05, 0.1) is 0 Å². The molecule has 1 aliphatic rings. The van der Waals surface area contributed by atoms with Crippen molar-refractivity contribution in [2.75, 3.05) is 12.4 Å². The summed E-state index contributed by atoms with van der Waals surface area (Å²) in [6.07, 6.45) is -0.772. The van der Waals surface area contributed by atoms with Crippen LogP contribution in [0.3, 0.4) is 0 Å². The van der Waals surface area contributed by atoms with Crippen molar-refractivity contribution in [1.29, 1.82) is 0 Å². The van der Waals surface area contributed by atoms with Crippen LogP contribution in [0, 0.1) is 13.8 Å². The standard InChI is InChI=1S/C13H14ClNO3/c1-7-4-5-9(8(2)6-7)15-11-10(14)12(16)18-13(11)17-3/h4-6,13,15H,1-3H3/t13-/m0/s1. The molecule has 0 fully saturated rings. The number of cyclic esters (lactones) is 1. The Morgan fingerprint density at radius 2 is 2.11 bits per heavy atom. The van der Waals surface area contributed by atoms with Gasteiger partial charge in [0.2, 0.25) is 6.29 Å². The summed E-state index contributed by atoms with van der Waals surface area (Å²) in [5.74, 6) is -0.573. The van der Waals surface area contributed by atoms with Crippen LogP contribution in [0.15, 0.2) is 28.9 Å². The van der Waals surface area contributed by atoms with Gasteiger partial charge >= 0.3 is 5.97 Å². The number of nitrogens with one attached hydrogen (secondary N) is 1. The fourth-order valence-corrected chi connectivity index (χ4v) is 1.98. The lowest BCUT2D eigenvalue weighted by Gasteiger charge is -2.15. The maximum atomic E-state index is 11.4. The maximum Gasteiger partial charge on any atom is 0.354 e. The number of carbonyl (C=O) groups excluding carboxylic acids is 1. The van der Waals surface area contributed by atoms with E-state index in [1.54, 1.807) is 0 Å². The Morgan fingerprint density at radius 1 is 1.39 bits per heavy atom. The van der Waals surface area contributed by atoms with E-state index < -0.39 is 12.3 Å². The van der Waals surface area contributed by atoms with Gasteiger partial charge < -0.3 is 14.8 Å². The molecule has 1 aromatic rings. The highest BCUT2D eigenvalue weighted by Gasteiger charge is 2.33. The van der Waals surface area contributed by atoms with Crippen LogP contribution in [-0.2, 0) is 14.3 Å². The molecule has 18 heavy (non-hydrogen) atoms. The number of aryl methyl sites for hydroxylation is 2. The smallest absolute Gasteiger partial charge is 0.354 e. The Bertz CT molecular complexity index is 525. The fraction of sp³-hybridized carbons (Fsp3) is 0.308. The number of esters is 1. The highest BCUT2D eigenvalue weighted by Crippen LogP contribution is 2.28. The lowest BCUT2D eigenvalue weighted by atomic mass is 10.1. The molecular formula is C13H14ClNO3. The summed E-state index contributed by atoms with van der Waals surface area (Å²) in [5.41, 5.74) is 3.53. The zero-order valence-electron chi connectivity index (χ0n) is 10.4. The minimum atomic E-state index is -0.772. The monoisotopic (exact) mass is 267 g/mol. The van der Waals surface area contributed by atoms with Crippen LogP contribution in [0.1, 0.15) is 11.1 Å². The summed E-state index contributed by atoms with van der Waals surface area (Å²) in [4.78, 5) is 11.4. The van der Waals surface area contributed by atoms with Gasteiger partial charge in [-0.25, -0.2) is 4.79 Å². The van der Waals surface area contributed by atoms with E-state index in [1.807, 2.05) is 32.0 Å². The molecule has 0 aromatic heterocycles. The topological polar surface area (TPSA) is 47.6 Å². The number of hydrogen-bond donors (Lipinski definition) is 1. The van der Waals surface area contributed by atoms with E-state index in [-0.39, 0.29) is 5.03 Å². The average molecular weight is 268 g/mol. The molecule has 0 amide bonds. The van der Waals surface area contributed by atoms with Crippen molar-refractivity contribution < 1.29 is 14.3 Å². The lowest BCUT2D eigenvalue weighted by Crippen LogP contribution is -2.18. The third-order valence-corrected chi connectivity index (χ3v) is 3.09. The van der Waals surface area contributed by atoms with Crippen molar-refractivity contribution >= 4 is 23.3 Å². The van der Waals surface area contributed by atoms with Crippen molar-refractivity contribution in [3.63, 3.8) is 0 Å². The second-order valence-corrected chi connectivity index (χ2v) is 4.52. The van der Waals surface area contributed by atoms with Crippen LogP contribution in [-0.4, -0.2) is 19.4 Å². The zero-order valence-corrected chi connectivity index (χ0v) is 11.2. The summed E-state index contributed by atoms with van der Waals surface area (Å²) in [6.45, 7) is 3.99. The average Bonchev–Trinajstić information content (AvgIpc) is 2.60. The number of benzene rings is 1. The summed E-state index contributed by atoms with van der Waals surface area (Å²) in [7, 11) is 1.46. The molecule has 1 atom stereocenters. The number of rotatable bonds is 3. The third-order valence-electron chi connectivity index (χ3n) is 2.73. The molecule has 4 nitrogen and oxygen atoms in total. The molecule has 0 unspecified atom stereocenters. The number of carbonyl (C=O) groups is 1. The highest BCUT2D eigenvalue weighted by atomic mass is 35.5. The molecule has 1 aromatic carbocycles. The van der Waals surface area contributed by atoms with E-state index in [9.17, 15) is 4.79 Å². The van der Waals surface area contributed by atoms with Gasteiger partial charge in [0, 0.05) is 12.8 Å². The van der Waals surface area contributed by atoms with Gasteiger partial charge in [-0.15, -0.1) is 0 Å². The van der Waals surface area contributed by atoms with Crippen molar-refractivity contribution in [2.45, 2.75) is 20.1 Å². The molecule has 0 radical (unpaired) electrons. The van der Waals surface area contributed by atoms with E-state index in [0.29, 0.717) is 5.70 Å². The molecule has 2 rings (SSSR count). The van der Waals surface area contributed by atoms with Crippen LogP contribution in [0.5, 0.6) is 0 Å². The number of ether oxygens (including phenoxy) is 2. The predicted molar refractivity (Wildman–Crippen MR) is 69.3 cm³/mol. The zero-order chi connectivity index (χ0) is 13.3. The summed E-state index contributed by atoms with van der Waals surface area (Å²) in [6, 6.07) is 5.94. The van der Waals surface area contributed by atoms with Gasteiger partial charge in [0.15, 0.2) is 5.03 Å². The predicted octanol–water partition coefficient (Wildman–Crippen LogP) is 2.70. The first kappa shape index (κ1) is 12.9. The van der Waals surface area contributed by atoms with Gasteiger partial charge in [0.1, 0.15) is 5.70 Å². The van der Waals surface area contributed by atoms with E-state index in [2.05, 4.69) is 5.32 Å². The number of anilines is 1. The molecular weight excluding hydrogens is 254 g/mol. The first-order chi connectivity index (χ1) is 8.52. The third kappa shape index (κ3) is 2.35. The summed E-state index contributed by atoms with van der Waals surface area (Å²) >= 11 is 5.90. The molecule has 0 saturated heterocycles. The van der Waals surface area contributed by atoms with E-state index >= 15 is 0 Å². The Hall–Kier alpha value is -1.52. The molecule has 0 bridgehead atoms. The van der Waals surface area contributed by atoms with Crippen LogP contribution in [0.4, 0.5) is 5.69 Å². The van der Waals surface area contributed by atoms with Gasteiger partial charge in [-0.2, -0.15) is 0 Å². The van der Waals surface area contributed by atoms with E-state index in [1.165, 1.54) is 12.7 Å². The van der Waals surface area contributed by atoms with Crippen molar-refractivity contribution in [2.24, 2.45) is 0 Å². The maximum absolute atomic E-state index is 11.4. The summed E-state index contributed by atoms with van der Waals surface area (Å²) < 4.78 is 9.99. The molecule has 0 spiro atoms. The first-order valence-electron chi connectivity index (χ1n) is 5.50. The first-order valence-corrected chi connectivity index (χ1v) is 5.88. The van der Waals surface area contributed by atoms with Gasteiger partial charge in [-0.3, -0.25) is 0 Å². The Labute approximate surface area is 111 Å². The Kier molecular flexibility index (Phi) is 3.59. The normalized spacial score (nSPS) is 19.1. The number of halogens is 1. The number of hydrogen-bond acceptors (Lipinski definition) is 4. The van der Waals surface area contributed by atoms with Gasteiger partial charge in [-0.1, -0.05) is 29.3 Å². The minimum absolute atomic E-state index is 0.0295. The van der Waals surface area contributed by atoms with Crippen LogP contribution in [0.2, 0.25) is 0 Å². The number of methoxy groups -OCH3 is 1. The lowest BCUT2D eigenvalue weighted by molar-refractivity contribution is -0.155. The Morgan fingerprint density at radius 3 is 2.72 bits per heavy atom. The largest absolute Gasteiger partial charge is 0.425 e. The molecule has 96 valence electrons. The van der Waals surface area contributed by atoms with Gasteiger partial charge in [0.25, 0.3) is 0 Å². The Balaban J connectivity index is 2.30. The SMILES string of the molecule is CO[C@H]1OC(=O)C(Cl)=C1Nc1ccc(C)cc1C. The van der Waals surface area contributed by atoms with Crippen molar-refractivity contribution in [3.05, 3.63) is 40.1 Å². The van der Waals surface area contributed by atoms with Crippen LogP contribution < -0.4 is 5.32 Å². The fourth-order valence-electron chi connectivity index (χ4n) is 1.80. The highest BCUT2D eigenvalue weighted by molar-refractivity contribution is 6.42. The molecule has 1 heterocycles. The molecule has 0 saturated carbocycles. The molecule has 1 aliphatic heterocycles. The van der Waals surface area contributed by atoms with Crippen LogP contribution in [0.25, 0.3) is 0 Å². The van der Waals surface area contributed by atoms with Crippen molar-refractivity contribution in [1.82, 2.24) is 0 Å². The second-order valence-electron chi connectivity index (χ2n) is 4.14. The van der Waals surface area contributed by atoms with Gasteiger partial charge in [-0.05, 0) is 25.5 Å². The summed E-state index contributed by atoms with van der Waals surface area (Å²) in [5, 5.41) is 3.12. The molecule has 0 aliphatic carbocycles. The van der Waals surface area contributed by atoms with E-state index in [4.69, 9.17) is 21.1 Å².